The van der Waals surface area contributed by atoms with Gasteiger partial charge in [0.25, 0.3) is 5.91 Å². The van der Waals surface area contributed by atoms with Crippen LogP contribution in [0.2, 0.25) is 0 Å². The lowest BCUT2D eigenvalue weighted by Gasteiger charge is -2.02. The molecule has 0 fully saturated rings. The molecule has 1 aromatic carbocycles. The molecule has 0 atom stereocenters. The van der Waals surface area contributed by atoms with E-state index in [-0.39, 0.29) is 17.4 Å². The van der Waals surface area contributed by atoms with Crippen molar-refractivity contribution in [2.45, 2.75) is 0 Å². The molecule has 20 heavy (non-hydrogen) atoms. The van der Waals surface area contributed by atoms with E-state index in [0.717, 1.165) is 0 Å². The SMILES string of the molecule is O=C(NN=Cc1cc(Br)c(O)cc1O)c1ccncc1. The summed E-state index contributed by atoms with van der Waals surface area (Å²) in [7, 11) is 0. The number of nitrogens with zero attached hydrogens (tertiary/aromatic N) is 2. The van der Waals surface area contributed by atoms with Crippen molar-refractivity contribution in [3.63, 3.8) is 0 Å². The first-order valence-electron chi connectivity index (χ1n) is 5.53. The fourth-order valence-electron chi connectivity index (χ4n) is 1.40. The molecule has 0 unspecified atom stereocenters. The highest BCUT2D eigenvalue weighted by atomic mass is 79.9. The van der Waals surface area contributed by atoms with Crippen LogP contribution in [0.5, 0.6) is 11.5 Å². The average Bonchev–Trinajstić information content (AvgIpc) is 2.45. The average molecular weight is 336 g/mol. The lowest BCUT2D eigenvalue weighted by Crippen LogP contribution is -2.17. The van der Waals surface area contributed by atoms with E-state index >= 15 is 0 Å². The molecular weight excluding hydrogens is 326 g/mol. The highest BCUT2D eigenvalue weighted by molar-refractivity contribution is 9.10. The van der Waals surface area contributed by atoms with Gasteiger partial charge in [-0.25, -0.2) is 5.43 Å². The van der Waals surface area contributed by atoms with Gasteiger partial charge in [-0.1, -0.05) is 0 Å². The molecule has 1 aromatic heterocycles. The second-order valence-electron chi connectivity index (χ2n) is 3.80. The number of hydrazone groups is 1. The number of phenols is 2. The number of aromatic nitrogens is 1. The molecular formula is C13H10BrN3O3. The maximum Gasteiger partial charge on any atom is 0.271 e. The maximum absolute atomic E-state index is 11.7. The van der Waals surface area contributed by atoms with E-state index in [1.165, 1.54) is 30.7 Å². The number of carbonyl (C=O) groups excluding carboxylic acids is 1. The van der Waals surface area contributed by atoms with Crippen LogP contribution in [0.1, 0.15) is 15.9 Å². The smallest absolute Gasteiger partial charge is 0.271 e. The molecule has 0 aliphatic carbocycles. The normalized spacial score (nSPS) is 10.7. The third-order valence-corrected chi connectivity index (χ3v) is 3.04. The Balaban J connectivity index is 2.08. The maximum atomic E-state index is 11.7. The van der Waals surface area contributed by atoms with Crippen molar-refractivity contribution in [1.29, 1.82) is 0 Å². The van der Waals surface area contributed by atoms with Crippen LogP contribution in [0.3, 0.4) is 0 Å². The van der Waals surface area contributed by atoms with Gasteiger partial charge in [0.15, 0.2) is 0 Å². The van der Waals surface area contributed by atoms with Gasteiger partial charge in [-0.2, -0.15) is 5.10 Å². The fraction of sp³-hybridized carbons (Fsp3) is 0. The van der Waals surface area contributed by atoms with Crippen LogP contribution < -0.4 is 5.43 Å². The highest BCUT2D eigenvalue weighted by Crippen LogP contribution is 2.30. The van der Waals surface area contributed by atoms with Crippen molar-refractivity contribution in [2.24, 2.45) is 5.10 Å². The second kappa shape index (κ2) is 6.16. The molecule has 102 valence electrons. The molecule has 1 heterocycles. The number of hydrogen-bond acceptors (Lipinski definition) is 5. The van der Waals surface area contributed by atoms with Crippen molar-refractivity contribution in [2.75, 3.05) is 0 Å². The molecule has 0 aliphatic rings. The largest absolute Gasteiger partial charge is 0.507 e. The zero-order valence-corrected chi connectivity index (χ0v) is 11.7. The van der Waals surface area contributed by atoms with Gasteiger partial charge in [0, 0.05) is 29.6 Å². The summed E-state index contributed by atoms with van der Waals surface area (Å²) in [6.07, 6.45) is 4.28. The van der Waals surface area contributed by atoms with Crippen LogP contribution in [0.15, 0.2) is 46.2 Å². The Morgan fingerprint density at radius 2 is 1.95 bits per heavy atom. The lowest BCUT2D eigenvalue weighted by molar-refractivity contribution is 0.0955. The molecule has 3 N–H and O–H groups in total. The summed E-state index contributed by atoms with van der Waals surface area (Å²) in [4.78, 5) is 15.5. The first-order valence-corrected chi connectivity index (χ1v) is 6.32. The number of phenolic OH excluding ortho intramolecular Hbond substituents is 2. The molecule has 0 aliphatic heterocycles. The Morgan fingerprint density at radius 1 is 1.25 bits per heavy atom. The van der Waals surface area contributed by atoms with Crippen LogP contribution in [0.25, 0.3) is 0 Å². The molecule has 0 spiro atoms. The van der Waals surface area contributed by atoms with Crippen molar-refractivity contribution >= 4 is 28.1 Å². The Labute approximate surface area is 122 Å². The van der Waals surface area contributed by atoms with Crippen molar-refractivity contribution < 1.29 is 15.0 Å². The molecule has 1 amide bonds. The van der Waals surface area contributed by atoms with E-state index in [1.807, 2.05) is 0 Å². The summed E-state index contributed by atoms with van der Waals surface area (Å²) in [5.74, 6) is -0.617. The van der Waals surface area contributed by atoms with Crippen LogP contribution in [0.4, 0.5) is 0 Å². The first kappa shape index (κ1) is 14.0. The number of aromatic hydroxyl groups is 2. The van der Waals surface area contributed by atoms with Gasteiger partial charge in [-0.3, -0.25) is 9.78 Å². The number of benzene rings is 1. The van der Waals surface area contributed by atoms with Crippen LogP contribution >= 0.6 is 15.9 Å². The third kappa shape index (κ3) is 3.33. The number of carbonyl (C=O) groups is 1. The lowest BCUT2D eigenvalue weighted by atomic mass is 10.2. The van der Waals surface area contributed by atoms with Crippen molar-refractivity contribution in [3.05, 3.63) is 52.3 Å². The van der Waals surface area contributed by atoms with E-state index in [1.54, 1.807) is 12.1 Å². The minimum atomic E-state index is -0.388. The molecule has 7 heteroatoms. The zero-order chi connectivity index (χ0) is 14.5. The summed E-state index contributed by atoms with van der Waals surface area (Å²) < 4.78 is 0.414. The molecule has 0 saturated carbocycles. The van der Waals surface area contributed by atoms with Crippen LogP contribution in [-0.4, -0.2) is 27.3 Å². The van der Waals surface area contributed by atoms with Crippen molar-refractivity contribution in [1.82, 2.24) is 10.4 Å². The van der Waals surface area contributed by atoms with Gasteiger partial charge in [0.2, 0.25) is 0 Å². The molecule has 0 saturated heterocycles. The second-order valence-corrected chi connectivity index (χ2v) is 4.65. The Kier molecular flexibility index (Phi) is 4.31. The Morgan fingerprint density at radius 3 is 2.65 bits per heavy atom. The van der Waals surface area contributed by atoms with E-state index in [2.05, 4.69) is 31.4 Å². The summed E-state index contributed by atoms with van der Waals surface area (Å²) >= 11 is 3.12. The molecule has 6 nitrogen and oxygen atoms in total. The quantitative estimate of drug-likeness (QED) is 0.590. The zero-order valence-electron chi connectivity index (χ0n) is 10.1. The summed E-state index contributed by atoms with van der Waals surface area (Å²) in [5.41, 5.74) is 3.10. The summed E-state index contributed by atoms with van der Waals surface area (Å²) in [5, 5.41) is 22.7. The number of amides is 1. The van der Waals surface area contributed by atoms with E-state index in [0.29, 0.717) is 15.6 Å². The topological polar surface area (TPSA) is 94.8 Å². The predicted molar refractivity (Wildman–Crippen MR) is 76.8 cm³/mol. The monoisotopic (exact) mass is 335 g/mol. The van der Waals surface area contributed by atoms with Gasteiger partial charge < -0.3 is 10.2 Å². The first-order chi connectivity index (χ1) is 9.58. The number of pyridine rings is 1. The fourth-order valence-corrected chi connectivity index (χ4v) is 1.76. The van der Waals surface area contributed by atoms with Gasteiger partial charge in [0.1, 0.15) is 11.5 Å². The minimum absolute atomic E-state index is 0.0829. The third-order valence-electron chi connectivity index (χ3n) is 2.41. The number of rotatable bonds is 3. The molecule has 0 radical (unpaired) electrons. The van der Waals surface area contributed by atoms with E-state index in [9.17, 15) is 15.0 Å². The minimum Gasteiger partial charge on any atom is -0.507 e. The molecule has 2 rings (SSSR count). The van der Waals surface area contributed by atoms with E-state index in [4.69, 9.17) is 0 Å². The van der Waals surface area contributed by atoms with Gasteiger partial charge in [0.05, 0.1) is 10.7 Å². The van der Waals surface area contributed by atoms with Gasteiger partial charge in [-0.15, -0.1) is 0 Å². The van der Waals surface area contributed by atoms with Gasteiger partial charge in [-0.05, 0) is 34.1 Å². The van der Waals surface area contributed by atoms with Crippen molar-refractivity contribution in [3.8, 4) is 11.5 Å². The Bertz CT molecular complexity index is 659. The van der Waals surface area contributed by atoms with Crippen LogP contribution in [-0.2, 0) is 0 Å². The summed E-state index contributed by atoms with van der Waals surface area (Å²) in [6, 6.07) is 5.77. The van der Waals surface area contributed by atoms with E-state index < -0.39 is 0 Å². The molecule has 2 aromatic rings. The number of nitrogens with one attached hydrogen (secondary N) is 1. The Hall–Kier alpha value is -2.41. The van der Waals surface area contributed by atoms with Gasteiger partial charge >= 0.3 is 0 Å². The number of hydrogen-bond donors (Lipinski definition) is 3. The number of halogens is 1. The summed E-state index contributed by atoms with van der Waals surface area (Å²) in [6.45, 7) is 0. The standard InChI is InChI=1S/C13H10BrN3O3/c14-10-5-9(11(18)6-12(10)19)7-16-17-13(20)8-1-3-15-4-2-8/h1-7,18-19H,(H,17,20). The molecule has 0 bridgehead atoms. The van der Waals surface area contributed by atoms with Crippen LogP contribution in [0, 0.1) is 0 Å². The predicted octanol–water partition coefficient (Wildman–Crippen LogP) is 2.02. The highest BCUT2D eigenvalue weighted by Gasteiger charge is 2.06.